The van der Waals surface area contributed by atoms with Crippen LogP contribution in [0.2, 0.25) is 0 Å². The summed E-state index contributed by atoms with van der Waals surface area (Å²) in [5, 5.41) is 3.68. The van der Waals surface area contributed by atoms with Crippen LogP contribution >= 0.6 is 0 Å². The summed E-state index contributed by atoms with van der Waals surface area (Å²) in [4.78, 5) is 4.19. The fourth-order valence-corrected chi connectivity index (χ4v) is 2.72. The number of aromatic nitrogens is 1. The lowest BCUT2D eigenvalue weighted by molar-refractivity contribution is 0.283. The van der Waals surface area contributed by atoms with Gasteiger partial charge in [-0.3, -0.25) is 4.98 Å². The molecule has 100 valence electrons. The van der Waals surface area contributed by atoms with Crippen molar-refractivity contribution in [3.05, 3.63) is 29.8 Å². The van der Waals surface area contributed by atoms with E-state index < -0.39 is 0 Å². The monoisotopic (exact) mass is 250 g/mol. The number of hydrogen-bond donors (Lipinski definition) is 1. The first kappa shape index (κ1) is 13.5. The fraction of sp³-hybridized carbons (Fsp3) is 0.667. The van der Waals surface area contributed by atoms with Crippen LogP contribution in [-0.2, 0) is 0 Å². The molecular formula is C15H23FN2. The van der Waals surface area contributed by atoms with E-state index >= 15 is 0 Å². The number of nitrogens with zero attached hydrogens (tertiary/aromatic N) is 1. The van der Waals surface area contributed by atoms with Crippen molar-refractivity contribution in [2.75, 3.05) is 0 Å². The Hall–Kier alpha value is -0.960. The molecule has 1 aromatic rings. The summed E-state index contributed by atoms with van der Waals surface area (Å²) in [5.74, 6) is 0.604. The van der Waals surface area contributed by atoms with Crippen LogP contribution in [0.25, 0.3) is 0 Å². The van der Waals surface area contributed by atoms with Crippen molar-refractivity contribution in [3.8, 4) is 0 Å². The molecule has 2 rings (SSSR count). The summed E-state index contributed by atoms with van der Waals surface area (Å²) in [5.41, 5.74) is 0.956. The maximum Gasteiger partial charge on any atom is 0.141 e. The molecule has 1 fully saturated rings. The van der Waals surface area contributed by atoms with Crippen LogP contribution in [0, 0.1) is 11.7 Å². The quantitative estimate of drug-likeness (QED) is 0.878. The summed E-state index contributed by atoms with van der Waals surface area (Å²) < 4.78 is 12.9. The van der Waals surface area contributed by atoms with Crippen molar-refractivity contribution in [2.45, 2.75) is 58.0 Å². The molecule has 1 unspecified atom stereocenters. The van der Waals surface area contributed by atoms with Gasteiger partial charge in [-0.1, -0.05) is 13.8 Å². The van der Waals surface area contributed by atoms with Gasteiger partial charge in [0.1, 0.15) is 5.82 Å². The van der Waals surface area contributed by atoms with Crippen LogP contribution in [-0.4, -0.2) is 11.0 Å². The van der Waals surface area contributed by atoms with Gasteiger partial charge in [0.15, 0.2) is 0 Å². The molecule has 3 heteroatoms. The van der Waals surface area contributed by atoms with Crippen molar-refractivity contribution in [2.24, 2.45) is 5.92 Å². The van der Waals surface area contributed by atoms with Crippen LogP contribution in [0.4, 0.5) is 4.39 Å². The van der Waals surface area contributed by atoms with E-state index in [4.69, 9.17) is 0 Å². The Kier molecular flexibility index (Phi) is 4.70. The van der Waals surface area contributed by atoms with Gasteiger partial charge in [-0.2, -0.15) is 0 Å². The highest BCUT2D eigenvalue weighted by atomic mass is 19.1. The number of halogens is 1. The van der Waals surface area contributed by atoms with Gasteiger partial charge in [-0.25, -0.2) is 4.39 Å². The molecule has 1 heterocycles. The molecule has 1 atom stereocenters. The van der Waals surface area contributed by atoms with Gasteiger partial charge in [-0.05, 0) is 50.2 Å². The highest BCUT2D eigenvalue weighted by molar-refractivity contribution is 5.10. The third kappa shape index (κ3) is 3.52. The topological polar surface area (TPSA) is 24.9 Å². The van der Waals surface area contributed by atoms with Crippen molar-refractivity contribution < 1.29 is 4.39 Å². The zero-order valence-corrected chi connectivity index (χ0v) is 11.3. The molecule has 2 nitrogen and oxygen atoms in total. The Morgan fingerprint density at radius 1 is 1.33 bits per heavy atom. The Balaban J connectivity index is 1.94. The average Bonchev–Trinajstić information content (AvgIpc) is 2.39. The predicted molar refractivity (Wildman–Crippen MR) is 71.8 cm³/mol. The second-order valence-electron chi connectivity index (χ2n) is 5.49. The summed E-state index contributed by atoms with van der Waals surface area (Å²) >= 11 is 0. The average molecular weight is 250 g/mol. The molecule has 1 aliphatic carbocycles. The Labute approximate surface area is 109 Å². The largest absolute Gasteiger partial charge is 0.306 e. The van der Waals surface area contributed by atoms with Crippen molar-refractivity contribution in [1.29, 1.82) is 0 Å². The smallest absolute Gasteiger partial charge is 0.141 e. The number of nitrogens with one attached hydrogen (secondary N) is 1. The second-order valence-corrected chi connectivity index (χ2v) is 5.49. The van der Waals surface area contributed by atoms with Crippen LogP contribution in [0.1, 0.15) is 57.7 Å². The number of hydrogen-bond acceptors (Lipinski definition) is 2. The summed E-state index contributed by atoms with van der Waals surface area (Å²) in [6.45, 7) is 4.48. The fourth-order valence-electron chi connectivity index (χ4n) is 2.72. The van der Waals surface area contributed by atoms with Gasteiger partial charge in [0.25, 0.3) is 0 Å². The van der Waals surface area contributed by atoms with Gasteiger partial charge in [0.05, 0.1) is 11.9 Å². The highest BCUT2D eigenvalue weighted by Crippen LogP contribution is 2.26. The van der Waals surface area contributed by atoms with Gasteiger partial charge in [0.2, 0.25) is 0 Å². The molecule has 0 radical (unpaired) electrons. The molecule has 0 aromatic carbocycles. The Bertz CT molecular complexity index is 355. The molecule has 0 aliphatic heterocycles. The minimum atomic E-state index is -0.264. The van der Waals surface area contributed by atoms with Gasteiger partial charge >= 0.3 is 0 Å². The SMILES string of the molecule is CCC(NC1CCC(C)CC1)c1ccc(F)cn1. The molecule has 1 aromatic heterocycles. The summed E-state index contributed by atoms with van der Waals surface area (Å²) in [6.07, 6.45) is 7.42. The van der Waals surface area contributed by atoms with Crippen molar-refractivity contribution in [1.82, 2.24) is 10.3 Å². The molecule has 0 bridgehead atoms. The molecule has 0 saturated heterocycles. The lowest BCUT2D eigenvalue weighted by Crippen LogP contribution is -2.35. The van der Waals surface area contributed by atoms with E-state index in [1.807, 2.05) is 0 Å². The maximum atomic E-state index is 12.9. The zero-order valence-electron chi connectivity index (χ0n) is 11.3. The molecule has 1 aliphatic rings. The Morgan fingerprint density at radius 2 is 2.06 bits per heavy atom. The van der Waals surface area contributed by atoms with Gasteiger partial charge < -0.3 is 5.32 Å². The van der Waals surface area contributed by atoms with Crippen LogP contribution in [0.3, 0.4) is 0 Å². The third-order valence-corrected chi connectivity index (χ3v) is 3.97. The Morgan fingerprint density at radius 3 is 2.61 bits per heavy atom. The minimum absolute atomic E-state index is 0.254. The van der Waals surface area contributed by atoms with E-state index in [0.717, 1.165) is 18.0 Å². The van der Waals surface area contributed by atoms with E-state index in [1.165, 1.54) is 37.9 Å². The molecule has 0 spiro atoms. The number of rotatable bonds is 4. The first-order valence-electron chi connectivity index (χ1n) is 7.06. The molecule has 18 heavy (non-hydrogen) atoms. The first-order valence-corrected chi connectivity index (χ1v) is 7.06. The van der Waals surface area contributed by atoms with E-state index in [0.29, 0.717) is 6.04 Å². The standard InChI is InChI=1S/C15H23FN2/c1-3-14(15-9-6-12(16)10-17-15)18-13-7-4-11(2)5-8-13/h6,9-11,13-14,18H,3-5,7-8H2,1-2H3. The zero-order chi connectivity index (χ0) is 13.0. The van der Waals surface area contributed by atoms with Crippen molar-refractivity contribution >= 4 is 0 Å². The summed E-state index contributed by atoms with van der Waals surface area (Å²) in [6, 6.07) is 4.14. The molecule has 1 N–H and O–H groups in total. The van der Waals surface area contributed by atoms with Crippen LogP contribution in [0.5, 0.6) is 0 Å². The molecule has 0 amide bonds. The normalized spacial score (nSPS) is 25.9. The lowest BCUT2D eigenvalue weighted by Gasteiger charge is -2.30. The number of pyridine rings is 1. The predicted octanol–water partition coefficient (Wildman–Crippen LogP) is 3.84. The third-order valence-electron chi connectivity index (χ3n) is 3.97. The second kappa shape index (κ2) is 6.28. The maximum absolute atomic E-state index is 12.9. The highest BCUT2D eigenvalue weighted by Gasteiger charge is 2.21. The van der Waals surface area contributed by atoms with E-state index in [2.05, 4.69) is 24.1 Å². The minimum Gasteiger partial charge on any atom is -0.306 e. The van der Waals surface area contributed by atoms with Gasteiger partial charge in [0, 0.05) is 12.1 Å². The van der Waals surface area contributed by atoms with Crippen molar-refractivity contribution in [3.63, 3.8) is 0 Å². The lowest BCUT2D eigenvalue weighted by atomic mass is 9.87. The summed E-state index contributed by atoms with van der Waals surface area (Å²) in [7, 11) is 0. The van der Waals surface area contributed by atoms with Crippen LogP contribution in [0.15, 0.2) is 18.3 Å². The van der Waals surface area contributed by atoms with Gasteiger partial charge in [-0.15, -0.1) is 0 Å². The first-order chi connectivity index (χ1) is 8.69. The van der Waals surface area contributed by atoms with E-state index in [1.54, 1.807) is 6.07 Å². The van der Waals surface area contributed by atoms with E-state index in [9.17, 15) is 4.39 Å². The molecule has 1 saturated carbocycles. The molecular weight excluding hydrogens is 227 g/mol. The van der Waals surface area contributed by atoms with E-state index in [-0.39, 0.29) is 11.9 Å². The van der Waals surface area contributed by atoms with Crippen LogP contribution < -0.4 is 5.32 Å².